The fraction of sp³-hybridized carbons (Fsp3) is 0.440. The lowest BCUT2D eigenvalue weighted by Gasteiger charge is -2.40. The average molecular weight is 409 g/mol. The summed E-state index contributed by atoms with van der Waals surface area (Å²) in [5, 5.41) is 0. The van der Waals surface area contributed by atoms with Gasteiger partial charge in [0.1, 0.15) is 5.82 Å². The van der Waals surface area contributed by atoms with E-state index < -0.39 is 0 Å². The lowest BCUT2D eigenvalue weighted by molar-refractivity contribution is -0.135. The van der Waals surface area contributed by atoms with E-state index >= 15 is 0 Å². The summed E-state index contributed by atoms with van der Waals surface area (Å²) in [5.41, 5.74) is 2.86. The Hall–Kier alpha value is -2.69. The number of nitrogens with zero attached hydrogens (tertiary/aromatic N) is 2. The van der Waals surface area contributed by atoms with E-state index in [4.69, 9.17) is 0 Å². The maximum atomic E-state index is 13.8. The number of fused-ring (bicyclic) bond motifs is 1. The van der Waals surface area contributed by atoms with Crippen LogP contribution < -0.4 is 4.90 Å². The Balaban J connectivity index is 1.40. The minimum Gasteiger partial charge on any atom is -0.338 e. The first-order valence-corrected chi connectivity index (χ1v) is 11.0. The molecule has 2 aromatic rings. The second-order valence-corrected chi connectivity index (χ2v) is 8.31. The Kier molecular flexibility index (Phi) is 6.46. The van der Waals surface area contributed by atoms with Crippen LogP contribution in [0, 0.1) is 5.82 Å². The number of carbonyl (C=O) groups is 2. The number of para-hydroxylation sites is 1. The van der Waals surface area contributed by atoms with Crippen molar-refractivity contribution in [1.82, 2.24) is 4.90 Å². The third-order valence-corrected chi connectivity index (χ3v) is 6.33. The molecule has 0 aliphatic carbocycles. The fourth-order valence-corrected chi connectivity index (χ4v) is 4.70. The summed E-state index contributed by atoms with van der Waals surface area (Å²) < 4.78 is 13.8. The van der Waals surface area contributed by atoms with Crippen LogP contribution in [0.2, 0.25) is 0 Å². The standard InChI is InChI=1S/C25H29FN2O2/c26-22-12-3-1-8-19(22)10-7-14-24(29)27-17-6-5-11-21(27)18-28-23-13-4-2-9-20(23)15-16-25(28)30/h1-4,8-9,12-13,21H,5-7,10-11,14-18H2. The second kappa shape index (κ2) is 9.41. The molecule has 4 nitrogen and oxygen atoms in total. The summed E-state index contributed by atoms with van der Waals surface area (Å²) in [6.07, 6.45) is 5.92. The molecule has 2 amide bonds. The molecule has 1 unspecified atom stereocenters. The van der Waals surface area contributed by atoms with Crippen LogP contribution >= 0.6 is 0 Å². The van der Waals surface area contributed by atoms with Crippen LogP contribution in [0.4, 0.5) is 10.1 Å². The number of carbonyl (C=O) groups excluding carboxylic acids is 2. The van der Waals surface area contributed by atoms with E-state index in [1.54, 1.807) is 12.1 Å². The molecule has 2 aromatic carbocycles. The van der Waals surface area contributed by atoms with Gasteiger partial charge in [0.2, 0.25) is 11.8 Å². The van der Waals surface area contributed by atoms with Crippen molar-refractivity contribution in [3.05, 3.63) is 65.5 Å². The number of amides is 2. The molecule has 0 N–H and O–H groups in total. The third kappa shape index (κ3) is 4.55. The van der Waals surface area contributed by atoms with Gasteiger partial charge in [-0.3, -0.25) is 9.59 Å². The number of rotatable bonds is 6. The number of hydrogen-bond donors (Lipinski definition) is 0. The van der Waals surface area contributed by atoms with Crippen LogP contribution in [0.15, 0.2) is 48.5 Å². The molecule has 1 fully saturated rings. The van der Waals surface area contributed by atoms with Gasteiger partial charge in [-0.15, -0.1) is 0 Å². The summed E-state index contributed by atoms with van der Waals surface area (Å²) in [5.74, 6) is 0.0584. The number of anilines is 1. The van der Waals surface area contributed by atoms with Crippen molar-refractivity contribution in [2.24, 2.45) is 0 Å². The second-order valence-electron chi connectivity index (χ2n) is 8.31. The van der Waals surface area contributed by atoms with Crippen LogP contribution in [0.25, 0.3) is 0 Å². The highest BCUT2D eigenvalue weighted by atomic mass is 19.1. The van der Waals surface area contributed by atoms with Gasteiger partial charge in [-0.1, -0.05) is 36.4 Å². The van der Waals surface area contributed by atoms with E-state index in [2.05, 4.69) is 6.07 Å². The lowest BCUT2D eigenvalue weighted by atomic mass is 9.97. The molecule has 1 saturated heterocycles. The highest BCUT2D eigenvalue weighted by molar-refractivity contribution is 5.96. The topological polar surface area (TPSA) is 40.6 Å². The maximum absolute atomic E-state index is 13.8. The van der Waals surface area contributed by atoms with E-state index in [1.165, 1.54) is 11.6 Å². The molecular weight excluding hydrogens is 379 g/mol. The molecule has 0 radical (unpaired) electrons. The maximum Gasteiger partial charge on any atom is 0.227 e. The lowest BCUT2D eigenvalue weighted by Crippen LogP contribution is -2.51. The Morgan fingerprint density at radius 2 is 1.83 bits per heavy atom. The molecule has 5 heteroatoms. The Morgan fingerprint density at radius 3 is 2.70 bits per heavy atom. The van der Waals surface area contributed by atoms with Crippen molar-refractivity contribution < 1.29 is 14.0 Å². The van der Waals surface area contributed by atoms with Crippen LogP contribution in [0.3, 0.4) is 0 Å². The molecule has 0 aromatic heterocycles. The fourth-order valence-electron chi connectivity index (χ4n) is 4.70. The minimum atomic E-state index is -0.205. The molecule has 158 valence electrons. The zero-order valence-electron chi connectivity index (χ0n) is 17.4. The van der Waals surface area contributed by atoms with Crippen LogP contribution in [-0.2, 0) is 22.4 Å². The zero-order valence-corrected chi connectivity index (χ0v) is 17.4. The van der Waals surface area contributed by atoms with Crippen molar-refractivity contribution in [3.8, 4) is 0 Å². The van der Waals surface area contributed by atoms with E-state index in [0.29, 0.717) is 37.8 Å². The number of likely N-dealkylation sites (tertiary alicyclic amines) is 1. The highest BCUT2D eigenvalue weighted by Crippen LogP contribution is 2.30. The normalized spacial score (nSPS) is 19.0. The molecule has 1 atom stereocenters. The summed E-state index contributed by atoms with van der Waals surface area (Å²) >= 11 is 0. The smallest absolute Gasteiger partial charge is 0.227 e. The first kappa shape index (κ1) is 20.6. The molecule has 2 aliphatic heterocycles. The van der Waals surface area contributed by atoms with Crippen LogP contribution in [0.5, 0.6) is 0 Å². The quantitative estimate of drug-likeness (QED) is 0.706. The third-order valence-electron chi connectivity index (χ3n) is 6.33. The van der Waals surface area contributed by atoms with Gasteiger partial charge >= 0.3 is 0 Å². The summed E-state index contributed by atoms with van der Waals surface area (Å²) in [4.78, 5) is 29.5. The largest absolute Gasteiger partial charge is 0.338 e. The number of piperidine rings is 1. The van der Waals surface area contributed by atoms with Gasteiger partial charge in [0.25, 0.3) is 0 Å². The summed E-state index contributed by atoms with van der Waals surface area (Å²) in [6, 6.07) is 14.9. The van der Waals surface area contributed by atoms with Gasteiger partial charge in [-0.2, -0.15) is 0 Å². The van der Waals surface area contributed by atoms with Gasteiger partial charge in [-0.05, 0) is 61.8 Å². The first-order valence-electron chi connectivity index (χ1n) is 11.0. The molecule has 4 rings (SSSR count). The summed E-state index contributed by atoms with van der Waals surface area (Å²) in [7, 11) is 0. The number of aryl methyl sites for hydroxylation is 2. The van der Waals surface area contributed by atoms with Crippen molar-refractivity contribution >= 4 is 17.5 Å². The molecule has 0 saturated carbocycles. The summed E-state index contributed by atoms with van der Waals surface area (Å²) in [6.45, 7) is 1.31. The predicted octanol–water partition coefficient (Wildman–Crippen LogP) is 4.51. The monoisotopic (exact) mass is 408 g/mol. The number of benzene rings is 2. The van der Waals surface area contributed by atoms with Gasteiger partial charge in [0, 0.05) is 37.7 Å². The molecule has 0 bridgehead atoms. The van der Waals surface area contributed by atoms with Crippen LogP contribution in [-0.4, -0.2) is 35.8 Å². The molecule has 0 spiro atoms. The number of hydrogen-bond acceptors (Lipinski definition) is 2. The molecule has 30 heavy (non-hydrogen) atoms. The minimum absolute atomic E-state index is 0.0508. The van der Waals surface area contributed by atoms with Crippen molar-refractivity contribution in [2.45, 2.75) is 57.4 Å². The average Bonchev–Trinajstić information content (AvgIpc) is 2.77. The van der Waals surface area contributed by atoms with E-state index in [1.807, 2.05) is 34.1 Å². The predicted molar refractivity (Wildman–Crippen MR) is 116 cm³/mol. The first-order chi connectivity index (χ1) is 14.6. The Bertz CT molecular complexity index is 914. The zero-order chi connectivity index (χ0) is 20.9. The van der Waals surface area contributed by atoms with Crippen molar-refractivity contribution in [3.63, 3.8) is 0 Å². The molecule has 2 aliphatic rings. The van der Waals surface area contributed by atoms with Gasteiger partial charge in [-0.25, -0.2) is 4.39 Å². The Labute approximate surface area is 177 Å². The van der Waals surface area contributed by atoms with Crippen molar-refractivity contribution in [2.75, 3.05) is 18.0 Å². The highest BCUT2D eigenvalue weighted by Gasteiger charge is 2.32. The Morgan fingerprint density at radius 1 is 1.03 bits per heavy atom. The number of halogens is 1. The van der Waals surface area contributed by atoms with Crippen LogP contribution in [0.1, 0.15) is 49.7 Å². The van der Waals surface area contributed by atoms with E-state index in [9.17, 15) is 14.0 Å². The van der Waals surface area contributed by atoms with E-state index in [0.717, 1.165) is 37.9 Å². The van der Waals surface area contributed by atoms with Gasteiger partial charge in [0.05, 0.1) is 0 Å². The molecular formula is C25H29FN2O2. The van der Waals surface area contributed by atoms with Crippen molar-refractivity contribution in [1.29, 1.82) is 0 Å². The van der Waals surface area contributed by atoms with E-state index in [-0.39, 0.29) is 23.7 Å². The van der Waals surface area contributed by atoms with Gasteiger partial charge < -0.3 is 9.80 Å². The van der Waals surface area contributed by atoms with Gasteiger partial charge in [0.15, 0.2) is 0 Å². The molecule has 2 heterocycles. The SMILES string of the molecule is O=C1CCc2ccccc2N1CC1CCCCN1C(=O)CCCc1ccccc1F.